The van der Waals surface area contributed by atoms with Gasteiger partial charge in [0.25, 0.3) is 11.8 Å². The minimum atomic E-state index is -0.321. The van der Waals surface area contributed by atoms with Gasteiger partial charge in [-0.15, -0.1) is 0 Å². The maximum atomic E-state index is 12.6. The summed E-state index contributed by atoms with van der Waals surface area (Å²) in [6, 6.07) is 8.19. The Morgan fingerprint density at radius 3 is 2.41 bits per heavy atom. The zero-order valence-electron chi connectivity index (χ0n) is 20.0. The molecular weight excluding hydrogens is 426 g/mol. The molecule has 0 aromatic heterocycles. The minimum Gasteiger partial charge on any atom is -0.465 e. The molecule has 1 aromatic rings. The van der Waals surface area contributed by atoms with E-state index in [1.807, 2.05) is 43.4 Å². The number of carbonyl (C=O) groups is 3. The molecule has 3 aliphatic rings. The molecule has 176 valence electrons. The zero-order valence-corrected chi connectivity index (χ0v) is 20.0. The third-order valence-electron chi connectivity index (χ3n) is 6.39. The van der Waals surface area contributed by atoms with Gasteiger partial charge in [-0.25, -0.2) is 4.90 Å². The number of ether oxygens (including phenoxy) is 1. The fraction of sp³-hybridized carbons (Fsp3) is 0.345. The van der Waals surface area contributed by atoms with Gasteiger partial charge in [-0.2, -0.15) is 0 Å². The second-order valence-electron chi connectivity index (χ2n) is 9.45. The Kier molecular flexibility index (Phi) is 7.11. The van der Waals surface area contributed by atoms with Gasteiger partial charge in [0.15, 0.2) is 0 Å². The number of amides is 2. The fourth-order valence-electron chi connectivity index (χ4n) is 4.44. The number of imide groups is 1. The molecular formula is C29H31NO4. The van der Waals surface area contributed by atoms with Crippen LogP contribution in [0.5, 0.6) is 0 Å². The van der Waals surface area contributed by atoms with E-state index in [2.05, 4.69) is 26.0 Å². The highest BCUT2D eigenvalue weighted by Crippen LogP contribution is 2.33. The van der Waals surface area contributed by atoms with Crippen molar-refractivity contribution >= 4 is 17.8 Å². The average Bonchev–Trinajstić information content (AvgIpc) is 3.30. The van der Waals surface area contributed by atoms with Crippen molar-refractivity contribution in [3.05, 3.63) is 94.3 Å². The zero-order chi connectivity index (χ0) is 24.2. The van der Waals surface area contributed by atoms with Crippen LogP contribution in [0.15, 0.2) is 83.1 Å². The molecule has 0 spiro atoms. The number of nitrogens with zero attached hydrogens (tertiary/aromatic N) is 1. The highest BCUT2D eigenvalue weighted by atomic mass is 16.5. The van der Waals surface area contributed by atoms with Gasteiger partial charge in [0.05, 0.1) is 18.2 Å². The van der Waals surface area contributed by atoms with Crippen LogP contribution in [0.25, 0.3) is 0 Å². The summed E-state index contributed by atoms with van der Waals surface area (Å²) < 4.78 is 5.55. The first-order chi connectivity index (χ1) is 16.3. The highest BCUT2D eigenvalue weighted by Gasteiger charge is 2.39. The molecule has 1 heterocycles. The molecule has 2 aliphatic carbocycles. The molecule has 2 amide bonds. The van der Waals surface area contributed by atoms with E-state index in [1.165, 1.54) is 10.5 Å². The van der Waals surface area contributed by atoms with E-state index in [1.54, 1.807) is 12.2 Å². The maximum Gasteiger partial charge on any atom is 0.313 e. The van der Waals surface area contributed by atoms with E-state index in [-0.39, 0.29) is 23.7 Å². The second-order valence-corrected chi connectivity index (χ2v) is 9.45. The molecule has 1 aromatic carbocycles. The Balaban J connectivity index is 1.30. The van der Waals surface area contributed by atoms with Crippen LogP contribution in [0.2, 0.25) is 0 Å². The lowest BCUT2D eigenvalue weighted by Gasteiger charge is -2.16. The van der Waals surface area contributed by atoms with E-state index >= 15 is 0 Å². The molecule has 0 saturated heterocycles. The van der Waals surface area contributed by atoms with Crippen molar-refractivity contribution in [2.75, 3.05) is 6.61 Å². The van der Waals surface area contributed by atoms with Crippen molar-refractivity contribution in [2.45, 2.75) is 52.4 Å². The Morgan fingerprint density at radius 1 is 0.971 bits per heavy atom. The van der Waals surface area contributed by atoms with Crippen LogP contribution in [-0.4, -0.2) is 29.3 Å². The topological polar surface area (TPSA) is 63.7 Å². The molecule has 0 radical (unpaired) electrons. The first-order valence-corrected chi connectivity index (χ1v) is 12.0. The van der Waals surface area contributed by atoms with Gasteiger partial charge in [0.2, 0.25) is 0 Å². The molecule has 0 saturated carbocycles. The summed E-state index contributed by atoms with van der Waals surface area (Å²) >= 11 is 0. The predicted molar refractivity (Wildman–Crippen MR) is 132 cm³/mol. The monoisotopic (exact) mass is 457 g/mol. The van der Waals surface area contributed by atoms with Gasteiger partial charge < -0.3 is 4.74 Å². The number of carbonyl (C=O) groups excluding carboxylic acids is 3. The molecule has 0 fully saturated rings. The lowest BCUT2D eigenvalue weighted by molar-refractivity contribution is -0.145. The van der Waals surface area contributed by atoms with Crippen LogP contribution < -0.4 is 0 Å². The van der Waals surface area contributed by atoms with Gasteiger partial charge >= 0.3 is 5.97 Å². The molecule has 34 heavy (non-hydrogen) atoms. The Hall–Kier alpha value is -3.47. The van der Waals surface area contributed by atoms with Gasteiger partial charge in [-0.05, 0) is 55.4 Å². The normalized spacial score (nSPS) is 18.3. The first kappa shape index (κ1) is 23.7. The second kappa shape index (κ2) is 10.2. The van der Waals surface area contributed by atoms with E-state index in [0.717, 1.165) is 17.6 Å². The first-order valence-electron chi connectivity index (χ1n) is 12.0. The van der Waals surface area contributed by atoms with Crippen LogP contribution >= 0.6 is 0 Å². The maximum absolute atomic E-state index is 12.6. The summed E-state index contributed by atoms with van der Waals surface area (Å²) in [5.74, 6) is -0.462. The smallest absolute Gasteiger partial charge is 0.313 e. The average molecular weight is 458 g/mol. The number of hydrogen-bond acceptors (Lipinski definition) is 4. The summed E-state index contributed by atoms with van der Waals surface area (Å²) in [6.07, 6.45) is 13.8. The SMILES string of the molecule is CC(C)Cc1ccc(C(C)C(=O)OCCC2=CC=C(N3C(=O)C4=C(CC=C4)C3=O)C=CC2)cc1. The Labute approximate surface area is 201 Å². The standard InChI is InChI=1S/C29H31NO4/c1-19(2)18-22-10-13-23(14-11-22)20(3)29(33)34-17-16-21-6-4-7-24(15-12-21)30-27(31)25-8-5-9-26(25)28(30)32/h4-5,7-8,10-15,19-20H,6,9,16-18H2,1-3H3. The molecule has 5 nitrogen and oxygen atoms in total. The van der Waals surface area contributed by atoms with Crippen molar-refractivity contribution in [1.82, 2.24) is 4.90 Å². The van der Waals surface area contributed by atoms with Crippen molar-refractivity contribution in [2.24, 2.45) is 5.92 Å². The number of benzene rings is 1. The third kappa shape index (κ3) is 5.04. The van der Waals surface area contributed by atoms with E-state index < -0.39 is 0 Å². The van der Waals surface area contributed by atoms with Crippen LogP contribution in [0.4, 0.5) is 0 Å². The summed E-state index contributed by atoms with van der Waals surface area (Å²) in [6.45, 7) is 6.54. The predicted octanol–water partition coefficient (Wildman–Crippen LogP) is 5.32. The molecule has 0 bridgehead atoms. The number of esters is 1. The van der Waals surface area contributed by atoms with Crippen molar-refractivity contribution in [1.29, 1.82) is 0 Å². The largest absolute Gasteiger partial charge is 0.465 e. The third-order valence-corrected chi connectivity index (χ3v) is 6.39. The number of allylic oxidation sites excluding steroid dienone is 5. The minimum absolute atomic E-state index is 0.237. The quantitative estimate of drug-likeness (QED) is 0.392. The summed E-state index contributed by atoms with van der Waals surface area (Å²) in [5.41, 5.74) is 4.95. The summed E-state index contributed by atoms with van der Waals surface area (Å²) in [7, 11) is 0. The van der Waals surface area contributed by atoms with Gasteiger partial charge in [-0.3, -0.25) is 14.4 Å². The summed E-state index contributed by atoms with van der Waals surface area (Å²) in [4.78, 5) is 39.1. The van der Waals surface area contributed by atoms with E-state index in [9.17, 15) is 14.4 Å². The van der Waals surface area contributed by atoms with Crippen LogP contribution in [-0.2, 0) is 25.5 Å². The Morgan fingerprint density at radius 2 is 1.71 bits per heavy atom. The lowest BCUT2D eigenvalue weighted by Crippen LogP contribution is -2.30. The Bertz CT molecular complexity index is 1150. The number of rotatable bonds is 8. The van der Waals surface area contributed by atoms with Gasteiger partial charge in [0.1, 0.15) is 0 Å². The number of hydrogen-bond donors (Lipinski definition) is 0. The molecule has 4 rings (SSSR count). The van der Waals surface area contributed by atoms with Crippen LogP contribution in [0, 0.1) is 5.92 Å². The molecule has 1 atom stereocenters. The summed E-state index contributed by atoms with van der Waals surface area (Å²) in [5, 5.41) is 0. The van der Waals surface area contributed by atoms with E-state index in [4.69, 9.17) is 4.74 Å². The molecule has 1 aliphatic heterocycles. The molecule has 0 N–H and O–H groups in total. The van der Waals surface area contributed by atoms with Crippen molar-refractivity contribution in [3.63, 3.8) is 0 Å². The lowest BCUT2D eigenvalue weighted by atomic mass is 9.97. The van der Waals surface area contributed by atoms with Gasteiger partial charge in [-0.1, -0.05) is 68.0 Å². The highest BCUT2D eigenvalue weighted by molar-refractivity contribution is 6.22. The van der Waals surface area contributed by atoms with Gasteiger partial charge in [0, 0.05) is 17.6 Å². The molecule has 5 heteroatoms. The van der Waals surface area contributed by atoms with E-state index in [0.29, 0.717) is 48.6 Å². The van der Waals surface area contributed by atoms with Crippen LogP contribution in [0.1, 0.15) is 57.1 Å². The fourth-order valence-corrected chi connectivity index (χ4v) is 4.44. The van der Waals surface area contributed by atoms with Crippen molar-refractivity contribution in [3.8, 4) is 0 Å². The molecule has 1 unspecified atom stereocenters. The van der Waals surface area contributed by atoms with Crippen LogP contribution in [0.3, 0.4) is 0 Å². The van der Waals surface area contributed by atoms with Crippen molar-refractivity contribution < 1.29 is 19.1 Å².